The van der Waals surface area contributed by atoms with Crippen molar-refractivity contribution in [1.82, 2.24) is 9.97 Å². The Labute approximate surface area is 171 Å². The Morgan fingerprint density at radius 2 is 1.44 bits per heavy atom. The molecule has 0 saturated carbocycles. The second-order valence-corrected chi connectivity index (χ2v) is 8.77. The number of fused-ring (bicyclic) bond motifs is 2. The summed E-state index contributed by atoms with van der Waals surface area (Å²) in [7, 11) is 0. The summed E-state index contributed by atoms with van der Waals surface area (Å²) in [6.07, 6.45) is 8.03. The predicted molar refractivity (Wildman–Crippen MR) is 120 cm³/mol. The lowest BCUT2D eigenvalue weighted by molar-refractivity contribution is 1.17. The SMILES string of the molecule is C=CCSc1cnc2ccccc2c1Sc1cnc2ccccc2c1SC. The van der Waals surface area contributed by atoms with Crippen molar-refractivity contribution in [1.29, 1.82) is 0 Å². The first-order valence-corrected chi connectivity index (χ1v) is 11.6. The largest absolute Gasteiger partial charge is 0.255 e. The van der Waals surface area contributed by atoms with E-state index in [0.717, 1.165) is 16.8 Å². The number of nitrogens with zero attached hydrogens (tertiary/aromatic N) is 2. The van der Waals surface area contributed by atoms with E-state index in [-0.39, 0.29) is 0 Å². The number of para-hydroxylation sites is 2. The molecule has 27 heavy (non-hydrogen) atoms. The van der Waals surface area contributed by atoms with Crippen molar-refractivity contribution in [3.63, 3.8) is 0 Å². The van der Waals surface area contributed by atoms with Gasteiger partial charge in [0.2, 0.25) is 0 Å². The van der Waals surface area contributed by atoms with E-state index in [1.165, 1.54) is 30.4 Å². The van der Waals surface area contributed by atoms with E-state index < -0.39 is 0 Å². The zero-order valence-corrected chi connectivity index (χ0v) is 17.3. The van der Waals surface area contributed by atoms with Gasteiger partial charge in [0.1, 0.15) is 0 Å². The van der Waals surface area contributed by atoms with Crippen LogP contribution >= 0.6 is 35.3 Å². The van der Waals surface area contributed by atoms with Gasteiger partial charge in [-0.25, -0.2) is 0 Å². The van der Waals surface area contributed by atoms with Crippen LogP contribution in [0.3, 0.4) is 0 Å². The lowest BCUT2D eigenvalue weighted by Crippen LogP contribution is -1.90. The Morgan fingerprint density at radius 1 is 0.852 bits per heavy atom. The van der Waals surface area contributed by atoms with Crippen LogP contribution in [-0.2, 0) is 0 Å². The standard InChI is InChI=1S/C22H18N2S3/c1-3-12-26-19-13-23-18-11-7-5-9-16(18)22(19)27-20-14-24-17-10-6-4-8-15(17)21(20)25-2/h3-11,13-14H,1,12H2,2H3. The highest BCUT2D eigenvalue weighted by atomic mass is 32.2. The van der Waals surface area contributed by atoms with E-state index in [0.29, 0.717) is 0 Å². The van der Waals surface area contributed by atoms with E-state index in [2.05, 4.69) is 59.2 Å². The number of pyridine rings is 2. The van der Waals surface area contributed by atoms with Crippen LogP contribution in [0.25, 0.3) is 21.8 Å². The van der Waals surface area contributed by atoms with Crippen molar-refractivity contribution >= 4 is 57.1 Å². The van der Waals surface area contributed by atoms with Gasteiger partial charge < -0.3 is 0 Å². The molecule has 4 aromatic rings. The molecule has 2 aromatic heterocycles. The van der Waals surface area contributed by atoms with Gasteiger partial charge in [-0.3, -0.25) is 9.97 Å². The van der Waals surface area contributed by atoms with E-state index >= 15 is 0 Å². The minimum Gasteiger partial charge on any atom is -0.255 e. The van der Waals surface area contributed by atoms with E-state index in [1.54, 1.807) is 35.3 Å². The zero-order chi connectivity index (χ0) is 18.6. The highest BCUT2D eigenvalue weighted by Gasteiger charge is 2.15. The fourth-order valence-corrected chi connectivity index (χ4v) is 5.90. The Hall–Kier alpha value is -1.95. The minimum atomic E-state index is 0.860. The molecular weight excluding hydrogens is 388 g/mol. The summed E-state index contributed by atoms with van der Waals surface area (Å²) >= 11 is 5.33. The zero-order valence-electron chi connectivity index (χ0n) is 14.9. The molecule has 0 aliphatic carbocycles. The molecule has 134 valence electrons. The maximum absolute atomic E-state index is 4.69. The lowest BCUT2D eigenvalue weighted by atomic mass is 10.2. The van der Waals surface area contributed by atoms with Gasteiger partial charge in [-0.1, -0.05) is 54.2 Å². The van der Waals surface area contributed by atoms with Crippen LogP contribution in [0.2, 0.25) is 0 Å². The highest BCUT2D eigenvalue weighted by molar-refractivity contribution is 8.03. The van der Waals surface area contributed by atoms with Crippen LogP contribution in [0.5, 0.6) is 0 Å². The monoisotopic (exact) mass is 406 g/mol. The number of hydrogen-bond donors (Lipinski definition) is 0. The first-order chi connectivity index (χ1) is 13.3. The van der Waals surface area contributed by atoms with E-state index in [1.807, 2.05) is 30.6 Å². The summed E-state index contributed by atoms with van der Waals surface area (Å²) in [4.78, 5) is 14.2. The lowest BCUT2D eigenvalue weighted by Gasteiger charge is -2.14. The highest BCUT2D eigenvalue weighted by Crippen LogP contribution is 2.44. The predicted octanol–water partition coefficient (Wildman–Crippen LogP) is 6.93. The average molecular weight is 407 g/mol. The third-order valence-corrected chi connectivity index (χ3v) is 7.46. The van der Waals surface area contributed by atoms with Crippen LogP contribution in [0.1, 0.15) is 0 Å². The van der Waals surface area contributed by atoms with Gasteiger partial charge in [-0.05, 0) is 18.4 Å². The summed E-state index contributed by atoms with van der Waals surface area (Å²) in [6, 6.07) is 16.6. The number of rotatable bonds is 6. The van der Waals surface area contributed by atoms with Crippen molar-refractivity contribution in [2.45, 2.75) is 19.6 Å². The molecule has 0 aliphatic heterocycles. The molecule has 2 aromatic carbocycles. The quantitative estimate of drug-likeness (QED) is 0.255. The van der Waals surface area contributed by atoms with Crippen molar-refractivity contribution in [3.05, 3.63) is 73.6 Å². The molecule has 0 bridgehead atoms. The fraction of sp³-hybridized carbons (Fsp3) is 0.0909. The fourth-order valence-electron chi connectivity index (χ4n) is 2.95. The second-order valence-electron chi connectivity index (χ2n) is 5.84. The van der Waals surface area contributed by atoms with Gasteiger partial charge in [0.25, 0.3) is 0 Å². The smallest absolute Gasteiger partial charge is 0.0714 e. The van der Waals surface area contributed by atoms with Crippen LogP contribution < -0.4 is 0 Å². The van der Waals surface area contributed by atoms with Gasteiger partial charge in [0, 0.05) is 48.5 Å². The van der Waals surface area contributed by atoms with Gasteiger partial charge in [0.05, 0.1) is 11.0 Å². The average Bonchev–Trinajstić information content (AvgIpc) is 2.73. The van der Waals surface area contributed by atoms with E-state index in [4.69, 9.17) is 0 Å². The molecule has 0 aliphatic rings. The molecule has 0 radical (unpaired) electrons. The molecule has 2 heterocycles. The molecule has 0 atom stereocenters. The summed E-state index contributed by atoms with van der Waals surface area (Å²) in [5.74, 6) is 0.860. The van der Waals surface area contributed by atoms with Gasteiger partial charge in [-0.2, -0.15) is 0 Å². The Morgan fingerprint density at radius 3 is 2.07 bits per heavy atom. The summed E-state index contributed by atoms with van der Waals surface area (Å²) in [5.41, 5.74) is 2.05. The van der Waals surface area contributed by atoms with E-state index in [9.17, 15) is 0 Å². The van der Waals surface area contributed by atoms with Crippen LogP contribution in [0.4, 0.5) is 0 Å². The van der Waals surface area contributed by atoms with Crippen LogP contribution in [0.15, 0.2) is 93.2 Å². The van der Waals surface area contributed by atoms with Gasteiger partial charge in [0.15, 0.2) is 0 Å². The number of thioether (sulfide) groups is 2. The summed E-state index contributed by atoms with van der Waals surface area (Å²) in [5, 5.41) is 2.38. The second kappa shape index (κ2) is 8.38. The summed E-state index contributed by atoms with van der Waals surface area (Å²) < 4.78 is 0. The first-order valence-electron chi connectivity index (χ1n) is 8.53. The number of benzene rings is 2. The van der Waals surface area contributed by atoms with Crippen molar-refractivity contribution < 1.29 is 0 Å². The maximum Gasteiger partial charge on any atom is 0.0714 e. The Kier molecular flexibility index (Phi) is 5.72. The molecule has 0 spiro atoms. The molecular formula is C22H18N2S3. The molecule has 4 rings (SSSR count). The normalized spacial score (nSPS) is 11.1. The van der Waals surface area contributed by atoms with Crippen molar-refractivity contribution in [3.8, 4) is 0 Å². The minimum absolute atomic E-state index is 0.860. The Balaban J connectivity index is 1.87. The molecule has 0 fully saturated rings. The molecule has 0 saturated heterocycles. The number of hydrogen-bond acceptors (Lipinski definition) is 5. The molecule has 0 amide bonds. The molecule has 0 N–H and O–H groups in total. The molecule has 5 heteroatoms. The number of aromatic nitrogens is 2. The Bertz CT molecular complexity index is 1120. The maximum atomic E-state index is 4.69. The summed E-state index contributed by atoms with van der Waals surface area (Å²) in [6.45, 7) is 3.85. The van der Waals surface area contributed by atoms with Crippen molar-refractivity contribution in [2.75, 3.05) is 12.0 Å². The molecule has 0 unspecified atom stereocenters. The van der Waals surface area contributed by atoms with Gasteiger partial charge >= 0.3 is 0 Å². The molecule has 2 nitrogen and oxygen atoms in total. The van der Waals surface area contributed by atoms with Crippen molar-refractivity contribution in [2.24, 2.45) is 0 Å². The van der Waals surface area contributed by atoms with Crippen LogP contribution in [-0.4, -0.2) is 22.0 Å². The topological polar surface area (TPSA) is 25.8 Å². The third-order valence-electron chi connectivity index (χ3n) is 4.16. The van der Waals surface area contributed by atoms with Crippen LogP contribution in [0, 0.1) is 0 Å². The van der Waals surface area contributed by atoms with Gasteiger partial charge in [-0.15, -0.1) is 30.1 Å². The first kappa shape index (κ1) is 18.4. The third kappa shape index (κ3) is 3.72.